The number of phenols is 2. The van der Waals surface area contributed by atoms with E-state index < -0.39 is 0 Å². The number of phenolic OH excluding ortho intramolecular Hbond substituents is 2. The van der Waals surface area contributed by atoms with Gasteiger partial charge in [-0.05, 0) is 12.5 Å². The summed E-state index contributed by atoms with van der Waals surface area (Å²) in [5.41, 5.74) is 0.126. The number of fused-ring (bicyclic) bond motifs is 1. The summed E-state index contributed by atoms with van der Waals surface area (Å²) in [6, 6.07) is 8.34. The Balaban J connectivity index is 1.51. The molecule has 0 fully saturated rings. The van der Waals surface area contributed by atoms with Crippen LogP contribution in [0.25, 0.3) is 10.8 Å². The third kappa shape index (κ3) is 8.80. The van der Waals surface area contributed by atoms with Gasteiger partial charge in [-0.1, -0.05) is 115 Å². The lowest BCUT2D eigenvalue weighted by atomic mass is 10.0. The van der Waals surface area contributed by atoms with Gasteiger partial charge in [-0.2, -0.15) is 0 Å². The van der Waals surface area contributed by atoms with E-state index in [9.17, 15) is 15.0 Å². The SMILES string of the molecule is CCCCCCCCCCCCCCCCNC(=O)c1cc(O)c2ccccc2c1O. The molecule has 172 valence electrons. The molecular formula is C27H41NO3. The first kappa shape index (κ1) is 25.0. The van der Waals surface area contributed by atoms with E-state index in [1.54, 1.807) is 24.3 Å². The van der Waals surface area contributed by atoms with Gasteiger partial charge in [0.05, 0.1) is 5.56 Å². The minimum absolute atomic E-state index is 0.00930. The van der Waals surface area contributed by atoms with Crippen LogP contribution in [0.4, 0.5) is 0 Å². The molecule has 0 spiro atoms. The summed E-state index contributed by atoms with van der Waals surface area (Å²) in [4.78, 5) is 12.4. The van der Waals surface area contributed by atoms with Crippen molar-refractivity contribution in [3.05, 3.63) is 35.9 Å². The van der Waals surface area contributed by atoms with Crippen molar-refractivity contribution in [3.63, 3.8) is 0 Å². The molecule has 4 heteroatoms. The minimum Gasteiger partial charge on any atom is -0.507 e. The summed E-state index contributed by atoms with van der Waals surface area (Å²) in [7, 11) is 0. The van der Waals surface area contributed by atoms with Crippen LogP contribution >= 0.6 is 0 Å². The molecule has 1 amide bonds. The van der Waals surface area contributed by atoms with Crippen molar-refractivity contribution in [2.75, 3.05) is 6.54 Å². The van der Waals surface area contributed by atoms with Crippen molar-refractivity contribution in [2.45, 2.75) is 96.8 Å². The average molecular weight is 428 g/mol. The van der Waals surface area contributed by atoms with Crippen LogP contribution < -0.4 is 5.32 Å². The highest BCUT2D eigenvalue weighted by Crippen LogP contribution is 2.35. The predicted molar refractivity (Wildman–Crippen MR) is 130 cm³/mol. The molecule has 4 nitrogen and oxygen atoms in total. The highest BCUT2D eigenvalue weighted by molar-refractivity contribution is 6.05. The van der Waals surface area contributed by atoms with E-state index in [0.29, 0.717) is 17.3 Å². The molecule has 31 heavy (non-hydrogen) atoms. The van der Waals surface area contributed by atoms with E-state index in [2.05, 4.69) is 12.2 Å². The Kier molecular flexibility index (Phi) is 11.9. The summed E-state index contributed by atoms with van der Waals surface area (Å²) in [6.45, 7) is 2.85. The lowest BCUT2D eigenvalue weighted by molar-refractivity contribution is 0.0950. The number of nitrogens with one attached hydrogen (secondary N) is 1. The third-order valence-electron chi connectivity index (χ3n) is 6.05. The van der Waals surface area contributed by atoms with E-state index in [-0.39, 0.29) is 23.0 Å². The second kappa shape index (κ2) is 14.7. The topological polar surface area (TPSA) is 69.6 Å². The first-order valence-electron chi connectivity index (χ1n) is 12.4. The van der Waals surface area contributed by atoms with E-state index in [4.69, 9.17) is 0 Å². The van der Waals surface area contributed by atoms with E-state index in [1.165, 1.54) is 83.1 Å². The smallest absolute Gasteiger partial charge is 0.255 e. The number of hydrogen-bond donors (Lipinski definition) is 3. The maximum Gasteiger partial charge on any atom is 0.255 e. The van der Waals surface area contributed by atoms with Gasteiger partial charge in [-0.25, -0.2) is 0 Å². The number of hydrogen-bond acceptors (Lipinski definition) is 3. The molecule has 0 saturated carbocycles. The number of amides is 1. The molecule has 0 aromatic heterocycles. The second-order valence-corrected chi connectivity index (χ2v) is 8.69. The van der Waals surface area contributed by atoms with Crippen LogP contribution in [-0.2, 0) is 0 Å². The highest BCUT2D eigenvalue weighted by Gasteiger charge is 2.16. The van der Waals surface area contributed by atoms with Gasteiger partial charge in [0.1, 0.15) is 11.5 Å². The van der Waals surface area contributed by atoms with Gasteiger partial charge in [0.15, 0.2) is 0 Å². The van der Waals surface area contributed by atoms with Gasteiger partial charge in [-0.3, -0.25) is 4.79 Å². The van der Waals surface area contributed by atoms with Gasteiger partial charge in [-0.15, -0.1) is 0 Å². The first-order valence-corrected chi connectivity index (χ1v) is 12.4. The Morgan fingerprint density at radius 2 is 1.23 bits per heavy atom. The summed E-state index contributed by atoms with van der Waals surface area (Å²) in [5, 5.41) is 24.4. The average Bonchev–Trinajstić information content (AvgIpc) is 2.78. The standard InChI is InChI=1S/C27H41NO3/c1-2-3-4-5-6-7-8-9-10-11-12-13-14-17-20-28-27(31)24-21-25(29)22-18-15-16-19-23(22)26(24)30/h15-16,18-19,21,29-30H,2-14,17,20H2,1H3,(H,28,31). The maximum atomic E-state index is 12.4. The maximum absolute atomic E-state index is 12.4. The van der Waals surface area contributed by atoms with Crippen molar-refractivity contribution in [1.29, 1.82) is 0 Å². The predicted octanol–water partition coefficient (Wildman–Crippen LogP) is 7.46. The summed E-state index contributed by atoms with van der Waals surface area (Å²) in [5.74, 6) is -0.407. The summed E-state index contributed by atoms with van der Waals surface area (Å²) >= 11 is 0. The summed E-state index contributed by atoms with van der Waals surface area (Å²) in [6.07, 6.45) is 18.2. The highest BCUT2D eigenvalue weighted by atomic mass is 16.3. The van der Waals surface area contributed by atoms with E-state index in [0.717, 1.165) is 12.8 Å². The quantitative estimate of drug-likeness (QED) is 0.192. The lowest BCUT2D eigenvalue weighted by Crippen LogP contribution is -2.24. The number of rotatable bonds is 16. The van der Waals surface area contributed by atoms with Crippen LogP contribution in [0.3, 0.4) is 0 Å². The molecule has 2 aromatic carbocycles. The molecule has 0 aliphatic carbocycles. The zero-order valence-electron chi connectivity index (χ0n) is 19.3. The number of aromatic hydroxyl groups is 2. The van der Waals surface area contributed by atoms with Crippen molar-refractivity contribution >= 4 is 16.7 Å². The molecule has 2 aromatic rings. The fourth-order valence-electron chi connectivity index (χ4n) is 4.13. The minimum atomic E-state index is -0.340. The fourth-order valence-corrected chi connectivity index (χ4v) is 4.13. The third-order valence-corrected chi connectivity index (χ3v) is 6.05. The fraction of sp³-hybridized carbons (Fsp3) is 0.593. The first-order chi connectivity index (χ1) is 15.1. The van der Waals surface area contributed by atoms with Crippen molar-refractivity contribution in [3.8, 4) is 11.5 Å². The largest absolute Gasteiger partial charge is 0.507 e. The second-order valence-electron chi connectivity index (χ2n) is 8.69. The zero-order valence-corrected chi connectivity index (χ0v) is 19.3. The van der Waals surface area contributed by atoms with Crippen LogP contribution in [0.2, 0.25) is 0 Å². The number of unbranched alkanes of at least 4 members (excludes halogenated alkanes) is 13. The van der Waals surface area contributed by atoms with E-state index >= 15 is 0 Å². The normalized spacial score (nSPS) is 11.1. The lowest BCUT2D eigenvalue weighted by Gasteiger charge is -2.10. The number of benzene rings is 2. The van der Waals surface area contributed by atoms with Gasteiger partial charge < -0.3 is 15.5 Å². The summed E-state index contributed by atoms with van der Waals surface area (Å²) < 4.78 is 0. The van der Waals surface area contributed by atoms with Gasteiger partial charge in [0.25, 0.3) is 5.91 Å². The van der Waals surface area contributed by atoms with Crippen molar-refractivity contribution < 1.29 is 15.0 Å². The molecule has 0 saturated heterocycles. The van der Waals surface area contributed by atoms with Gasteiger partial charge in [0.2, 0.25) is 0 Å². The Hall–Kier alpha value is -2.23. The zero-order chi connectivity index (χ0) is 22.3. The van der Waals surface area contributed by atoms with Crippen LogP contribution in [0.15, 0.2) is 30.3 Å². The van der Waals surface area contributed by atoms with Crippen LogP contribution in [0, 0.1) is 0 Å². The molecule has 0 bridgehead atoms. The van der Waals surface area contributed by atoms with Crippen LogP contribution in [0.1, 0.15) is 107 Å². The monoisotopic (exact) mass is 427 g/mol. The molecule has 0 radical (unpaired) electrons. The van der Waals surface area contributed by atoms with Crippen molar-refractivity contribution in [2.24, 2.45) is 0 Å². The van der Waals surface area contributed by atoms with Gasteiger partial charge in [0, 0.05) is 17.3 Å². The molecule has 0 atom stereocenters. The van der Waals surface area contributed by atoms with E-state index in [1.807, 2.05) is 0 Å². The van der Waals surface area contributed by atoms with Crippen molar-refractivity contribution in [1.82, 2.24) is 5.32 Å². The number of carbonyl (C=O) groups is 1. The Bertz CT molecular complexity index is 787. The molecule has 0 unspecified atom stereocenters. The Labute approximate surface area is 188 Å². The molecule has 0 aliphatic heterocycles. The molecule has 0 heterocycles. The van der Waals surface area contributed by atoms with Crippen LogP contribution in [-0.4, -0.2) is 22.7 Å². The molecule has 2 rings (SSSR count). The Morgan fingerprint density at radius 1 is 0.742 bits per heavy atom. The van der Waals surface area contributed by atoms with Gasteiger partial charge >= 0.3 is 0 Å². The molecule has 3 N–H and O–H groups in total. The van der Waals surface area contributed by atoms with Crippen LogP contribution in [0.5, 0.6) is 11.5 Å². The number of carbonyl (C=O) groups excluding carboxylic acids is 1. The molecular weight excluding hydrogens is 386 g/mol. The Morgan fingerprint density at radius 3 is 1.77 bits per heavy atom. The molecule has 0 aliphatic rings.